The Morgan fingerprint density at radius 3 is 2.11 bits per heavy atom. The normalized spacial score (nSPS) is 17.7. The monoisotopic (exact) mass is 500 g/mol. The highest BCUT2D eigenvalue weighted by Gasteiger charge is 2.26. The second kappa shape index (κ2) is 11.8. The molecule has 1 fully saturated rings. The number of halogens is 4. The lowest BCUT2D eigenvalue weighted by molar-refractivity contribution is 0.292. The summed E-state index contributed by atoms with van der Waals surface area (Å²) in [6, 6.07) is 12.5. The van der Waals surface area contributed by atoms with Gasteiger partial charge in [0.15, 0.2) is 23.2 Å². The summed E-state index contributed by atoms with van der Waals surface area (Å²) < 4.78 is 69.1. The first kappa shape index (κ1) is 26.1. The van der Waals surface area contributed by atoms with E-state index >= 15 is 0 Å². The van der Waals surface area contributed by atoms with Gasteiger partial charge in [-0.3, -0.25) is 0 Å². The van der Waals surface area contributed by atoms with E-state index in [9.17, 15) is 17.6 Å². The van der Waals surface area contributed by atoms with Crippen LogP contribution in [0.5, 0.6) is 11.5 Å². The van der Waals surface area contributed by atoms with Crippen LogP contribution in [0.1, 0.15) is 69.4 Å². The van der Waals surface area contributed by atoms with Gasteiger partial charge in [-0.2, -0.15) is 4.39 Å². The summed E-state index contributed by atoms with van der Waals surface area (Å²) in [5, 5.41) is 0. The van der Waals surface area contributed by atoms with Crippen LogP contribution < -0.4 is 9.47 Å². The van der Waals surface area contributed by atoms with Crippen molar-refractivity contribution >= 4 is 0 Å². The van der Waals surface area contributed by atoms with Crippen LogP contribution in [0.25, 0.3) is 11.1 Å². The molecule has 192 valence electrons. The van der Waals surface area contributed by atoms with Crippen molar-refractivity contribution in [3.05, 3.63) is 82.9 Å². The van der Waals surface area contributed by atoms with Gasteiger partial charge in [0, 0.05) is 11.1 Å². The van der Waals surface area contributed by atoms with Crippen molar-refractivity contribution in [3.63, 3.8) is 0 Å². The number of benzene rings is 3. The Morgan fingerprint density at radius 1 is 0.722 bits per heavy atom. The second-order valence-corrected chi connectivity index (χ2v) is 9.43. The standard InChI is InChI=1S/C30H32F4O2/c1-3-5-19-6-8-20(9-7-19)24-15-12-22(27(31)28(24)32)18-36-23-13-10-21(11-14-23)25-16-17-26(35-4-2)30(34)29(25)33/h10-17,19-20H,3-9,18H2,1-2H3. The largest absolute Gasteiger partial charge is 0.491 e. The minimum Gasteiger partial charge on any atom is -0.491 e. The average Bonchev–Trinajstić information content (AvgIpc) is 2.89. The molecule has 3 aromatic rings. The van der Waals surface area contributed by atoms with E-state index in [1.165, 1.54) is 18.6 Å². The highest BCUT2D eigenvalue weighted by molar-refractivity contribution is 5.66. The summed E-state index contributed by atoms with van der Waals surface area (Å²) in [6.45, 7) is 3.96. The van der Waals surface area contributed by atoms with Gasteiger partial charge in [-0.1, -0.05) is 44.0 Å². The van der Waals surface area contributed by atoms with Crippen molar-refractivity contribution in [2.45, 2.75) is 64.9 Å². The number of rotatable bonds is 9. The molecule has 0 bridgehead atoms. The van der Waals surface area contributed by atoms with Gasteiger partial charge in [-0.25, -0.2) is 13.2 Å². The van der Waals surface area contributed by atoms with Crippen molar-refractivity contribution in [2.24, 2.45) is 5.92 Å². The third kappa shape index (κ3) is 5.69. The summed E-state index contributed by atoms with van der Waals surface area (Å²) in [5.74, 6) is -2.65. The van der Waals surface area contributed by atoms with Crippen LogP contribution in [0, 0.1) is 29.2 Å². The highest BCUT2D eigenvalue weighted by atomic mass is 19.2. The Morgan fingerprint density at radius 2 is 1.44 bits per heavy atom. The van der Waals surface area contributed by atoms with Crippen LogP contribution in [0.15, 0.2) is 48.5 Å². The molecular weight excluding hydrogens is 468 g/mol. The van der Waals surface area contributed by atoms with Gasteiger partial charge in [-0.15, -0.1) is 0 Å². The first-order valence-corrected chi connectivity index (χ1v) is 12.7. The quantitative estimate of drug-likeness (QED) is 0.273. The van der Waals surface area contributed by atoms with Crippen molar-refractivity contribution in [1.29, 1.82) is 0 Å². The zero-order chi connectivity index (χ0) is 25.7. The van der Waals surface area contributed by atoms with E-state index in [1.807, 2.05) is 0 Å². The van der Waals surface area contributed by atoms with E-state index in [0.717, 1.165) is 32.1 Å². The molecule has 6 heteroatoms. The average molecular weight is 501 g/mol. The molecule has 3 aromatic carbocycles. The van der Waals surface area contributed by atoms with Gasteiger partial charge in [0.1, 0.15) is 12.4 Å². The summed E-state index contributed by atoms with van der Waals surface area (Å²) in [5.41, 5.74) is 1.15. The highest BCUT2D eigenvalue weighted by Crippen LogP contribution is 2.39. The summed E-state index contributed by atoms with van der Waals surface area (Å²) >= 11 is 0. The third-order valence-corrected chi connectivity index (χ3v) is 7.08. The van der Waals surface area contributed by atoms with E-state index < -0.39 is 23.3 Å². The Hall–Kier alpha value is -3.02. The molecule has 4 rings (SSSR count). The zero-order valence-corrected chi connectivity index (χ0v) is 20.8. The minimum atomic E-state index is -1.04. The molecule has 1 aliphatic carbocycles. The molecule has 0 amide bonds. The lowest BCUT2D eigenvalue weighted by Crippen LogP contribution is -2.15. The molecule has 0 spiro atoms. The molecule has 0 heterocycles. The van der Waals surface area contributed by atoms with E-state index in [4.69, 9.17) is 9.47 Å². The maximum atomic E-state index is 14.9. The van der Waals surface area contributed by atoms with Gasteiger partial charge in [-0.05, 0) is 79.8 Å². The van der Waals surface area contributed by atoms with Crippen molar-refractivity contribution < 1.29 is 27.0 Å². The van der Waals surface area contributed by atoms with Crippen LogP contribution in [-0.2, 0) is 6.61 Å². The van der Waals surface area contributed by atoms with E-state index in [0.29, 0.717) is 22.8 Å². The van der Waals surface area contributed by atoms with Gasteiger partial charge >= 0.3 is 0 Å². The smallest absolute Gasteiger partial charge is 0.201 e. The maximum absolute atomic E-state index is 14.9. The molecule has 0 saturated heterocycles. The number of hydrogen-bond donors (Lipinski definition) is 0. The van der Waals surface area contributed by atoms with Crippen LogP contribution >= 0.6 is 0 Å². The van der Waals surface area contributed by atoms with Crippen LogP contribution in [0.4, 0.5) is 17.6 Å². The molecule has 1 aliphatic rings. The molecule has 0 aliphatic heterocycles. The number of hydrogen-bond acceptors (Lipinski definition) is 2. The third-order valence-electron chi connectivity index (χ3n) is 7.08. The molecule has 0 atom stereocenters. The molecule has 0 N–H and O–H groups in total. The number of ether oxygens (including phenoxy) is 2. The van der Waals surface area contributed by atoms with Crippen LogP contribution in [0.3, 0.4) is 0 Å². The zero-order valence-electron chi connectivity index (χ0n) is 20.8. The summed E-state index contributed by atoms with van der Waals surface area (Å²) in [7, 11) is 0. The Labute approximate surface area is 210 Å². The molecule has 2 nitrogen and oxygen atoms in total. The molecule has 1 saturated carbocycles. The fraction of sp³-hybridized carbons (Fsp3) is 0.400. The van der Waals surface area contributed by atoms with Gasteiger partial charge in [0.2, 0.25) is 5.82 Å². The van der Waals surface area contributed by atoms with Gasteiger partial charge < -0.3 is 9.47 Å². The first-order valence-electron chi connectivity index (χ1n) is 12.7. The van der Waals surface area contributed by atoms with Crippen molar-refractivity contribution in [3.8, 4) is 22.6 Å². The summed E-state index contributed by atoms with van der Waals surface area (Å²) in [4.78, 5) is 0. The second-order valence-electron chi connectivity index (χ2n) is 9.43. The SMILES string of the molecule is CCCC1CCC(c2ccc(COc3ccc(-c4ccc(OCC)c(F)c4F)cc3)c(F)c2F)CC1. The fourth-order valence-corrected chi connectivity index (χ4v) is 5.12. The fourth-order valence-electron chi connectivity index (χ4n) is 5.12. The summed E-state index contributed by atoms with van der Waals surface area (Å²) in [6.07, 6.45) is 6.27. The first-order chi connectivity index (χ1) is 17.4. The van der Waals surface area contributed by atoms with Gasteiger partial charge in [0.25, 0.3) is 0 Å². The van der Waals surface area contributed by atoms with E-state index in [-0.39, 0.29) is 36.0 Å². The Bertz CT molecular complexity index is 1170. The van der Waals surface area contributed by atoms with Crippen molar-refractivity contribution in [2.75, 3.05) is 6.61 Å². The van der Waals surface area contributed by atoms with Crippen molar-refractivity contribution in [1.82, 2.24) is 0 Å². The Balaban J connectivity index is 1.40. The van der Waals surface area contributed by atoms with E-state index in [2.05, 4.69) is 6.92 Å². The predicted molar refractivity (Wildman–Crippen MR) is 133 cm³/mol. The van der Waals surface area contributed by atoms with Gasteiger partial charge in [0.05, 0.1) is 6.61 Å². The van der Waals surface area contributed by atoms with Crippen LogP contribution in [-0.4, -0.2) is 6.61 Å². The predicted octanol–water partition coefficient (Wildman–Crippen LogP) is 8.96. The maximum Gasteiger partial charge on any atom is 0.201 e. The van der Waals surface area contributed by atoms with E-state index in [1.54, 1.807) is 43.3 Å². The van der Waals surface area contributed by atoms with Crippen LogP contribution in [0.2, 0.25) is 0 Å². The molecular formula is C30H32F4O2. The topological polar surface area (TPSA) is 18.5 Å². The molecule has 0 radical (unpaired) electrons. The minimum absolute atomic E-state index is 0.0583. The molecule has 0 unspecified atom stereocenters. The lowest BCUT2D eigenvalue weighted by Gasteiger charge is -2.29. The Kier molecular flexibility index (Phi) is 8.55. The lowest BCUT2D eigenvalue weighted by atomic mass is 9.77. The molecule has 36 heavy (non-hydrogen) atoms. The molecule has 0 aromatic heterocycles.